The number of carbonyl (C=O) groups is 2. The maximum atomic E-state index is 13.0. The number of halogens is 1. The quantitative estimate of drug-likeness (QED) is 0.537. The van der Waals surface area contributed by atoms with E-state index in [0.717, 1.165) is 4.90 Å². The number of hydrogen-bond donors (Lipinski definition) is 1. The van der Waals surface area contributed by atoms with Crippen molar-refractivity contribution in [1.29, 1.82) is 0 Å². The Morgan fingerprint density at radius 3 is 2.39 bits per heavy atom. The van der Waals surface area contributed by atoms with Gasteiger partial charge in [0.2, 0.25) is 11.8 Å². The lowest BCUT2D eigenvalue weighted by molar-refractivity contribution is -0.121. The van der Waals surface area contributed by atoms with E-state index in [0.29, 0.717) is 11.4 Å². The summed E-state index contributed by atoms with van der Waals surface area (Å²) in [5, 5.41) is 0. The Bertz CT molecular complexity index is 772. The highest BCUT2D eigenvalue weighted by Gasteiger charge is 2.41. The number of benzene rings is 2. The minimum atomic E-state index is -0.798. The standard InChI is InChI=1S/C17H14FN3O2/c18-11-6-8-13(9-7-11)21-15(22)10-14(17(21)23)16(19)20-12-4-2-1-3-5-12/h1-9,14H,10H2,(H2,19,20)/t14-/m1/s1. The first kappa shape index (κ1) is 14.9. The van der Waals surface area contributed by atoms with Crippen LogP contribution < -0.4 is 10.6 Å². The van der Waals surface area contributed by atoms with Gasteiger partial charge < -0.3 is 5.73 Å². The molecule has 2 N–H and O–H groups in total. The zero-order valence-electron chi connectivity index (χ0n) is 12.1. The summed E-state index contributed by atoms with van der Waals surface area (Å²) in [5.74, 6) is -1.96. The molecular formula is C17H14FN3O2. The summed E-state index contributed by atoms with van der Waals surface area (Å²) < 4.78 is 13.0. The molecule has 0 aliphatic carbocycles. The van der Waals surface area contributed by atoms with Gasteiger partial charge >= 0.3 is 0 Å². The van der Waals surface area contributed by atoms with Crippen LogP contribution in [0.25, 0.3) is 0 Å². The Balaban J connectivity index is 1.86. The molecule has 0 unspecified atom stereocenters. The second-order valence-electron chi connectivity index (χ2n) is 5.17. The molecule has 23 heavy (non-hydrogen) atoms. The lowest BCUT2D eigenvalue weighted by atomic mass is 10.1. The number of imide groups is 1. The number of para-hydroxylation sites is 1. The highest BCUT2D eigenvalue weighted by Crippen LogP contribution is 2.27. The molecule has 6 heteroatoms. The van der Waals surface area contributed by atoms with E-state index in [9.17, 15) is 14.0 Å². The van der Waals surface area contributed by atoms with E-state index < -0.39 is 17.6 Å². The Labute approximate surface area is 132 Å². The fourth-order valence-electron chi connectivity index (χ4n) is 2.45. The molecule has 5 nitrogen and oxygen atoms in total. The fourth-order valence-corrected chi connectivity index (χ4v) is 2.45. The van der Waals surface area contributed by atoms with Crippen LogP contribution in [-0.4, -0.2) is 17.6 Å². The van der Waals surface area contributed by atoms with Crippen LogP contribution in [0.3, 0.4) is 0 Å². The predicted octanol–water partition coefficient (Wildman–Crippen LogP) is 2.39. The minimum Gasteiger partial charge on any atom is -0.386 e. The molecule has 1 aliphatic rings. The first-order valence-corrected chi connectivity index (χ1v) is 7.08. The summed E-state index contributed by atoms with van der Waals surface area (Å²) in [6, 6.07) is 14.1. The van der Waals surface area contributed by atoms with Gasteiger partial charge in [-0.2, -0.15) is 0 Å². The zero-order valence-corrected chi connectivity index (χ0v) is 12.1. The first-order chi connectivity index (χ1) is 11.1. The van der Waals surface area contributed by atoms with Crippen LogP contribution in [0, 0.1) is 11.7 Å². The Kier molecular flexibility index (Phi) is 3.89. The van der Waals surface area contributed by atoms with Gasteiger partial charge in [-0.1, -0.05) is 18.2 Å². The van der Waals surface area contributed by atoms with E-state index in [1.54, 1.807) is 24.3 Å². The highest BCUT2D eigenvalue weighted by molar-refractivity contribution is 6.27. The number of nitrogens with zero attached hydrogens (tertiary/aromatic N) is 2. The lowest BCUT2D eigenvalue weighted by Crippen LogP contribution is -2.34. The Hall–Kier alpha value is -3.02. The molecule has 3 rings (SSSR count). The number of carbonyl (C=O) groups excluding carboxylic acids is 2. The van der Waals surface area contributed by atoms with Gasteiger partial charge in [0.15, 0.2) is 0 Å². The Morgan fingerprint density at radius 2 is 1.74 bits per heavy atom. The number of nitrogens with two attached hydrogens (primary N) is 1. The molecule has 0 aromatic heterocycles. The molecule has 0 spiro atoms. The molecule has 1 fully saturated rings. The largest absolute Gasteiger partial charge is 0.386 e. The fraction of sp³-hybridized carbons (Fsp3) is 0.118. The van der Waals surface area contributed by atoms with Crippen molar-refractivity contribution in [3.63, 3.8) is 0 Å². The molecule has 0 bridgehead atoms. The van der Waals surface area contributed by atoms with E-state index in [2.05, 4.69) is 4.99 Å². The maximum absolute atomic E-state index is 13.0. The summed E-state index contributed by atoms with van der Waals surface area (Å²) in [6.07, 6.45) is -0.0433. The van der Waals surface area contributed by atoms with Gasteiger partial charge in [0.1, 0.15) is 17.6 Å². The summed E-state index contributed by atoms with van der Waals surface area (Å²) in [4.78, 5) is 29.8. The average Bonchev–Trinajstić information content (AvgIpc) is 2.84. The van der Waals surface area contributed by atoms with Crippen LogP contribution in [0.4, 0.5) is 15.8 Å². The van der Waals surface area contributed by atoms with Crippen molar-refractivity contribution >= 4 is 29.0 Å². The molecule has 1 saturated heterocycles. The molecule has 0 saturated carbocycles. The van der Waals surface area contributed by atoms with E-state index >= 15 is 0 Å². The van der Waals surface area contributed by atoms with Crippen molar-refractivity contribution in [1.82, 2.24) is 0 Å². The van der Waals surface area contributed by atoms with Crippen molar-refractivity contribution in [3.05, 3.63) is 60.4 Å². The second kappa shape index (κ2) is 6.00. The molecular weight excluding hydrogens is 297 g/mol. The maximum Gasteiger partial charge on any atom is 0.244 e. The van der Waals surface area contributed by atoms with Crippen LogP contribution in [-0.2, 0) is 9.59 Å². The van der Waals surface area contributed by atoms with Crippen LogP contribution in [0.15, 0.2) is 59.6 Å². The summed E-state index contributed by atoms with van der Waals surface area (Å²) in [6.45, 7) is 0. The number of anilines is 1. The minimum absolute atomic E-state index is 0.0433. The molecule has 1 atom stereocenters. The van der Waals surface area contributed by atoms with E-state index in [1.165, 1.54) is 24.3 Å². The van der Waals surface area contributed by atoms with Gasteiger partial charge in [0.25, 0.3) is 0 Å². The number of aliphatic imine (C=N–C) groups is 1. The van der Waals surface area contributed by atoms with Crippen molar-refractivity contribution in [2.45, 2.75) is 6.42 Å². The van der Waals surface area contributed by atoms with Crippen molar-refractivity contribution in [3.8, 4) is 0 Å². The van der Waals surface area contributed by atoms with Gasteiger partial charge in [-0.25, -0.2) is 14.3 Å². The number of amides is 2. The molecule has 2 aromatic carbocycles. The van der Waals surface area contributed by atoms with Gasteiger partial charge in [-0.3, -0.25) is 9.59 Å². The molecule has 1 heterocycles. The topological polar surface area (TPSA) is 75.8 Å². The SMILES string of the molecule is NC(=Nc1ccccc1)[C@H]1CC(=O)N(c2ccc(F)cc2)C1=O. The first-order valence-electron chi connectivity index (χ1n) is 7.08. The van der Waals surface area contributed by atoms with Crippen molar-refractivity contribution in [2.24, 2.45) is 16.6 Å². The van der Waals surface area contributed by atoms with Crippen molar-refractivity contribution in [2.75, 3.05) is 4.90 Å². The second-order valence-corrected chi connectivity index (χ2v) is 5.17. The average molecular weight is 311 g/mol. The third-order valence-corrected chi connectivity index (χ3v) is 3.60. The normalized spacial score (nSPS) is 18.6. The number of hydrogen-bond acceptors (Lipinski definition) is 3. The lowest BCUT2D eigenvalue weighted by Gasteiger charge is -2.14. The predicted molar refractivity (Wildman–Crippen MR) is 84.7 cm³/mol. The number of rotatable bonds is 3. The number of amidine groups is 1. The van der Waals surface area contributed by atoms with E-state index in [-0.39, 0.29) is 18.2 Å². The molecule has 2 aromatic rings. The summed E-state index contributed by atoms with van der Waals surface area (Å²) >= 11 is 0. The van der Waals surface area contributed by atoms with E-state index in [4.69, 9.17) is 5.73 Å². The van der Waals surface area contributed by atoms with Crippen LogP contribution in [0.1, 0.15) is 6.42 Å². The van der Waals surface area contributed by atoms with Crippen LogP contribution in [0.5, 0.6) is 0 Å². The summed E-state index contributed by atoms with van der Waals surface area (Å²) in [7, 11) is 0. The van der Waals surface area contributed by atoms with Crippen molar-refractivity contribution < 1.29 is 14.0 Å². The third-order valence-electron chi connectivity index (χ3n) is 3.60. The highest BCUT2D eigenvalue weighted by atomic mass is 19.1. The monoisotopic (exact) mass is 311 g/mol. The van der Waals surface area contributed by atoms with Gasteiger partial charge in [-0.15, -0.1) is 0 Å². The zero-order chi connectivity index (χ0) is 16.4. The molecule has 2 amide bonds. The van der Waals surface area contributed by atoms with Crippen LogP contribution >= 0.6 is 0 Å². The third kappa shape index (κ3) is 2.96. The summed E-state index contributed by atoms with van der Waals surface area (Å²) in [5.41, 5.74) is 6.86. The van der Waals surface area contributed by atoms with E-state index in [1.807, 2.05) is 6.07 Å². The molecule has 0 radical (unpaired) electrons. The van der Waals surface area contributed by atoms with Crippen LogP contribution in [0.2, 0.25) is 0 Å². The molecule has 116 valence electrons. The molecule has 1 aliphatic heterocycles. The van der Waals surface area contributed by atoms with Gasteiger partial charge in [0.05, 0.1) is 11.4 Å². The Morgan fingerprint density at radius 1 is 1.09 bits per heavy atom. The van der Waals surface area contributed by atoms with Gasteiger partial charge in [0, 0.05) is 6.42 Å². The van der Waals surface area contributed by atoms with Gasteiger partial charge in [-0.05, 0) is 36.4 Å². The smallest absolute Gasteiger partial charge is 0.244 e.